The van der Waals surface area contributed by atoms with Gasteiger partial charge in [0.25, 0.3) is 11.8 Å². The number of benzene rings is 1. The van der Waals surface area contributed by atoms with E-state index in [2.05, 4.69) is 5.32 Å². The lowest BCUT2D eigenvalue weighted by Crippen LogP contribution is -2.54. The highest BCUT2D eigenvalue weighted by Gasteiger charge is 2.36. The van der Waals surface area contributed by atoms with E-state index >= 15 is 0 Å². The highest BCUT2D eigenvalue weighted by Crippen LogP contribution is 2.32. The minimum atomic E-state index is -4.58. The van der Waals surface area contributed by atoms with E-state index in [1.807, 2.05) is 22.6 Å². The van der Waals surface area contributed by atoms with Gasteiger partial charge in [0.15, 0.2) is 8.88 Å². The van der Waals surface area contributed by atoms with Gasteiger partial charge in [0.2, 0.25) is 0 Å². The molecule has 5 nitrogen and oxygen atoms in total. The molecule has 26 heavy (non-hydrogen) atoms. The zero-order valence-corrected chi connectivity index (χ0v) is 15.6. The second kappa shape index (κ2) is 6.83. The molecule has 10 heteroatoms. The predicted molar refractivity (Wildman–Crippen MR) is 99.1 cm³/mol. The summed E-state index contributed by atoms with van der Waals surface area (Å²) in [6.45, 7) is 0. The molecule has 2 heterocycles. The molecule has 1 saturated heterocycles. The van der Waals surface area contributed by atoms with Crippen molar-refractivity contribution >= 4 is 63.5 Å². The van der Waals surface area contributed by atoms with Gasteiger partial charge in [-0.15, -0.1) is 0 Å². The highest BCUT2D eigenvalue weighted by molar-refractivity contribution is 14.1. The van der Waals surface area contributed by atoms with Gasteiger partial charge in [-0.25, -0.2) is 0 Å². The fourth-order valence-electron chi connectivity index (χ4n) is 2.26. The first-order valence-corrected chi connectivity index (χ1v) is 8.49. The average molecular weight is 492 g/mol. The van der Waals surface area contributed by atoms with Crippen LogP contribution in [0.25, 0.3) is 6.08 Å². The van der Waals surface area contributed by atoms with Gasteiger partial charge in [-0.3, -0.25) is 19.8 Å². The molecule has 0 unspecified atom stereocenters. The summed E-state index contributed by atoms with van der Waals surface area (Å²) in [6.07, 6.45) is -3.37. The van der Waals surface area contributed by atoms with E-state index in [-0.39, 0.29) is 22.1 Å². The normalized spacial score (nSPS) is 17.0. The van der Waals surface area contributed by atoms with Gasteiger partial charge < -0.3 is 4.42 Å². The van der Waals surface area contributed by atoms with E-state index in [0.717, 1.165) is 23.1 Å². The van der Waals surface area contributed by atoms with Crippen molar-refractivity contribution in [3.8, 4) is 0 Å². The largest absolute Gasteiger partial charge is 0.451 e. The van der Waals surface area contributed by atoms with Crippen molar-refractivity contribution in [2.45, 2.75) is 6.18 Å². The van der Waals surface area contributed by atoms with Gasteiger partial charge >= 0.3 is 6.18 Å². The maximum absolute atomic E-state index is 12.9. The Morgan fingerprint density at radius 1 is 1.19 bits per heavy atom. The van der Waals surface area contributed by atoms with Gasteiger partial charge in [0, 0.05) is 0 Å². The summed E-state index contributed by atoms with van der Waals surface area (Å²) >= 11 is 6.88. The standard InChI is InChI=1S/C16H8F3IN2O3S/c17-16(18,19)8-2-1-3-9(6-8)22-14(24)11(13(23)21-15(22)26)7-10-4-5-12(20)25-10/h1-7H,(H,21,23,26)/b11-7+. The fraction of sp³-hybridized carbons (Fsp3) is 0.0625. The first-order valence-electron chi connectivity index (χ1n) is 7.01. The Balaban J connectivity index is 2.02. The van der Waals surface area contributed by atoms with Gasteiger partial charge in [0.05, 0.1) is 11.3 Å². The van der Waals surface area contributed by atoms with Gasteiger partial charge in [0.1, 0.15) is 11.3 Å². The second-order valence-electron chi connectivity index (χ2n) is 5.15. The summed E-state index contributed by atoms with van der Waals surface area (Å²) in [6, 6.07) is 7.30. The third kappa shape index (κ3) is 3.65. The van der Waals surface area contributed by atoms with Crippen LogP contribution in [0.15, 0.2) is 46.4 Å². The molecule has 1 aliphatic rings. The Hall–Kier alpha value is -2.21. The number of hydrogen-bond donors (Lipinski definition) is 1. The summed E-state index contributed by atoms with van der Waals surface area (Å²) in [7, 11) is 0. The number of rotatable bonds is 2. The lowest BCUT2D eigenvalue weighted by atomic mass is 10.1. The summed E-state index contributed by atoms with van der Waals surface area (Å²) in [4.78, 5) is 25.6. The van der Waals surface area contributed by atoms with Crippen molar-refractivity contribution in [1.82, 2.24) is 5.32 Å². The van der Waals surface area contributed by atoms with E-state index in [4.69, 9.17) is 16.6 Å². The monoisotopic (exact) mass is 492 g/mol. The Labute approximate surface area is 164 Å². The molecule has 0 radical (unpaired) electrons. The SMILES string of the molecule is O=C1NC(=S)N(c2cccc(C(F)(F)F)c2)C(=O)/C1=C/c1ccc(I)o1. The minimum Gasteiger partial charge on any atom is -0.451 e. The molecule has 1 aliphatic heterocycles. The summed E-state index contributed by atoms with van der Waals surface area (Å²) in [5.74, 6) is -1.34. The lowest BCUT2D eigenvalue weighted by molar-refractivity contribution is -0.137. The third-order valence-corrected chi connectivity index (χ3v) is 4.28. The summed E-state index contributed by atoms with van der Waals surface area (Å²) in [5, 5.41) is 2.00. The van der Waals surface area contributed by atoms with Crippen LogP contribution >= 0.6 is 34.8 Å². The number of halogens is 4. The fourth-order valence-corrected chi connectivity index (χ4v) is 2.98. The smallest absolute Gasteiger partial charge is 0.416 e. The first-order chi connectivity index (χ1) is 12.2. The molecule has 134 valence electrons. The molecule has 0 atom stereocenters. The zero-order chi connectivity index (χ0) is 19.1. The predicted octanol–water partition coefficient (Wildman–Crippen LogP) is 3.73. The van der Waals surface area contributed by atoms with E-state index in [0.29, 0.717) is 3.77 Å². The third-order valence-electron chi connectivity index (χ3n) is 3.41. The van der Waals surface area contributed by atoms with Crippen LogP contribution in [0, 0.1) is 3.77 Å². The Kier molecular flexibility index (Phi) is 4.88. The van der Waals surface area contributed by atoms with Crippen LogP contribution in [0.4, 0.5) is 18.9 Å². The van der Waals surface area contributed by atoms with E-state index in [1.54, 1.807) is 12.1 Å². The molecule has 2 amide bonds. The van der Waals surface area contributed by atoms with Crippen molar-refractivity contribution in [1.29, 1.82) is 0 Å². The number of furan rings is 1. The molecule has 1 fully saturated rings. The van der Waals surface area contributed by atoms with Gasteiger partial charge in [-0.05, 0) is 71.2 Å². The van der Waals surface area contributed by atoms with Crippen molar-refractivity contribution in [3.05, 3.63) is 57.1 Å². The van der Waals surface area contributed by atoms with E-state index < -0.39 is 23.6 Å². The number of nitrogens with zero attached hydrogens (tertiary/aromatic N) is 1. The summed E-state index contributed by atoms with van der Waals surface area (Å²) in [5.41, 5.74) is -1.34. The Morgan fingerprint density at radius 3 is 2.54 bits per heavy atom. The molecular weight excluding hydrogens is 484 g/mol. The van der Waals surface area contributed by atoms with Crippen LogP contribution in [0.1, 0.15) is 11.3 Å². The molecule has 0 bridgehead atoms. The molecule has 0 saturated carbocycles. The van der Waals surface area contributed by atoms with Crippen LogP contribution in [0.2, 0.25) is 0 Å². The number of nitrogens with one attached hydrogen (secondary N) is 1. The Morgan fingerprint density at radius 2 is 1.92 bits per heavy atom. The maximum Gasteiger partial charge on any atom is 0.416 e. The molecule has 1 aromatic heterocycles. The quantitative estimate of drug-likeness (QED) is 0.301. The second-order valence-corrected chi connectivity index (χ2v) is 6.60. The molecule has 3 rings (SSSR count). The van der Waals surface area contributed by atoms with Crippen molar-refractivity contribution in [2.75, 3.05) is 4.90 Å². The van der Waals surface area contributed by atoms with Crippen molar-refractivity contribution in [3.63, 3.8) is 0 Å². The van der Waals surface area contributed by atoms with Crippen LogP contribution in [-0.2, 0) is 15.8 Å². The summed E-state index contributed by atoms with van der Waals surface area (Å²) < 4.78 is 44.6. The first kappa shape index (κ1) is 18.6. The highest BCUT2D eigenvalue weighted by atomic mass is 127. The van der Waals surface area contributed by atoms with Crippen LogP contribution in [0.3, 0.4) is 0 Å². The van der Waals surface area contributed by atoms with Crippen LogP contribution < -0.4 is 10.2 Å². The van der Waals surface area contributed by atoms with Crippen LogP contribution in [-0.4, -0.2) is 16.9 Å². The molecule has 1 N–H and O–H groups in total. The number of carbonyl (C=O) groups is 2. The molecular formula is C16H8F3IN2O3S. The van der Waals surface area contributed by atoms with Gasteiger partial charge in [-0.2, -0.15) is 13.2 Å². The molecule has 1 aromatic carbocycles. The number of alkyl halides is 3. The number of hydrogen-bond acceptors (Lipinski definition) is 4. The molecule has 0 aliphatic carbocycles. The number of anilines is 1. The average Bonchev–Trinajstić information content (AvgIpc) is 2.96. The molecule has 2 aromatic rings. The number of amides is 2. The lowest BCUT2D eigenvalue weighted by Gasteiger charge is -2.29. The van der Waals surface area contributed by atoms with Gasteiger partial charge in [-0.1, -0.05) is 6.07 Å². The van der Waals surface area contributed by atoms with Crippen molar-refractivity contribution < 1.29 is 27.2 Å². The minimum absolute atomic E-state index is 0.102. The number of carbonyl (C=O) groups excluding carboxylic acids is 2. The van der Waals surface area contributed by atoms with Crippen molar-refractivity contribution in [2.24, 2.45) is 0 Å². The zero-order valence-electron chi connectivity index (χ0n) is 12.6. The van der Waals surface area contributed by atoms with Crippen LogP contribution in [0.5, 0.6) is 0 Å². The van der Waals surface area contributed by atoms with E-state index in [9.17, 15) is 22.8 Å². The molecule has 0 spiro atoms. The number of thiocarbonyl (C=S) groups is 1. The van der Waals surface area contributed by atoms with E-state index in [1.165, 1.54) is 12.1 Å². The maximum atomic E-state index is 12.9. The topological polar surface area (TPSA) is 62.6 Å². The Bertz CT molecular complexity index is 952.